The summed E-state index contributed by atoms with van der Waals surface area (Å²) in [5, 5.41) is 1.76. The Morgan fingerprint density at radius 2 is 1.29 bits per heavy atom. The van der Waals surface area contributed by atoms with E-state index in [1.165, 1.54) is 69.8 Å². The first-order valence-electron chi connectivity index (χ1n) is 9.11. The SMILES string of the molecule is Cc1ccc(P(C2CCCCC2)C2CCCCC2)c(C)c1. The zero-order valence-corrected chi connectivity index (χ0v) is 14.8. The van der Waals surface area contributed by atoms with E-state index < -0.39 is 0 Å². The highest BCUT2D eigenvalue weighted by atomic mass is 31.1. The molecule has 2 saturated carbocycles. The van der Waals surface area contributed by atoms with Gasteiger partial charge in [-0.25, -0.2) is 0 Å². The van der Waals surface area contributed by atoms with Gasteiger partial charge < -0.3 is 0 Å². The van der Waals surface area contributed by atoms with Crippen LogP contribution in [0.25, 0.3) is 0 Å². The van der Waals surface area contributed by atoms with Gasteiger partial charge in [0.1, 0.15) is 0 Å². The van der Waals surface area contributed by atoms with Crippen molar-refractivity contribution in [2.75, 3.05) is 0 Å². The van der Waals surface area contributed by atoms with Crippen molar-refractivity contribution in [1.82, 2.24) is 0 Å². The van der Waals surface area contributed by atoms with Gasteiger partial charge in [0.15, 0.2) is 0 Å². The molecule has 1 aromatic rings. The van der Waals surface area contributed by atoms with Crippen LogP contribution in [0.1, 0.15) is 75.3 Å². The van der Waals surface area contributed by atoms with Crippen molar-refractivity contribution in [2.45, 2.75) is 89.4 Å². The third-order valence-corrected chi connectivity index (χ3v) is 9.23. The second-order valence-corrected chi connectivity index (χ2v) is 10.0. The zero-order chi connectivity index (χ0) is 14.7. The Morgan fingerprint density at radius 1 is 0.762 bits per heavy atom. The molecule has 0 N–H and O–H groups in total. The van der Waals surface area contributed by atoms with Crippen LogP contribution in [0, 0.1) is 13.8 Å². The molecule has 21 heavy (non-hydrogen) atoms. The first kappa shape index (κ1) is 15.5. The van der Waals surface area contributed by atoms with Crippen molar-refractivity contribution < 1.29 is 0 Å². The summed E-state index contributed by atoms with van der Waals surface area (Å²) in [7, 11) is 0.0747. The molecule has 0 saturated heterocycles. The third kappa shape index (κ3) is 3.70. The van der Waals surface area contributed by atoms with E-state index in [4.69, 9.17) is 0 Å². The Balaban J connectivity index is 1.89. The number of rotatable bonds is 3. The fraction of sp³-hybridized carbons (Fsp3) is 0.700. The molecule has 1 heteroatoms. The molecule has 2 aliphatic rings. The van der Waals surface area contributed by atoms with E-state index in [1.807, 2.05) is 0 Å². The van der Waals surface area contributed by atoms with Crippen LogP contribution < -0.4 is 5.30 Å². The van der Waals surface area contributed by atoms with Crippen molar-refractivity contribution in [1.29, 1.82) is 0 Å². The second kappa shape index (κ2) is 7.28. The lowest BCUT2D eigenvalue weighted by Crippen LogP contribution is -2.27. The molecule has 116 valence electrons. The number of benzene rings is 1. The van der Waals surface area contributed by atoms with Crippen LogP contribution in [0.3, 0.4) is 0 Å². The highest BCUT2D eigenvalue weighted by molar-refractivity contribution is 7.67. The molecule has 0 amide bonds. The number of aryl methyl sites for hydroxylation is 2. The minimum Gasteiger partial charge on any atom is -0.0687 e. The summed E-state index contributed by atoms with van der Waals surface area (Å²) >= 11 is 0. The Kier molecular flexibility index (Phi) is 5.38. The maximum Gasteiger partial charge on any atom is -0.0166 e. The molecule has 0 radical (unpaired) electrons. The highest BCUT2D eigenvalue weighted by Crippen LogP contribution is 2.55. The van der Waals surface area contributed by atoms with Crippen LogP contribution in [-0.2, 0) is 0 Å². The summed E-state index contributed by atoms with van der Waals surface area (Å²) < 4.78 is 0. The van der Waals surface area contributed by atoms with Gasteiger partial charge in [0.25, 0.3) is 0 Å². The van der Waals surface area contributed by atoms with Crippen LogP contribution in [-0.4, -0.2) is 11.3 Å². The number of hydrogen-bond acceptors (Lipinski definition) is 0. The zero-order valence-electron chi connectivity index (χ0n) is 13.9. The molecule has 0 aromatic heterocycles. The fourth-order valence-electron chi connectivity index (χ4n) is 4.51. The minimum absolute atomic E-state index is 0.0747. The molecule has 0 unspecified atom stereocenters. The standard InChI is InChI=1S/C20H31P/c1-16-13-14-20(17(2)15-16)21(18-9-5-3-6-10-18)19-11-7-4-8-12-19/h13-15,18-19H,3-12H2,1-2H3. The summed E-state index contributed by atoms with van der Waals surface area (Å²) in [6, 6.07) is 7.29. The second-order valence-electron chi connectivity index (χ2n) is 7.28. The van der Waals surface area contributed by atoms with Crippen LogP contribution in [0.15, 0.2) is 18.2 Å². The van der Waals surface area contributed by atoms with Gasteiger partial charge in [-0.05, 0) is 61.7 Å². The van der Waals surface area contributed by atoms with Gasteiger partial charge in [0.2, 0.25) is 0 Å². The van der Waals surface area contributed by atoms with Gasteiger partial charge in [-0.15, -0.1) is 0 Å². The van der Waals surface area contributed by atoms with Crippen LogP contribution in [0.4, 0.5) is 0 Å². The molecule has 0 heterocycles. The summed E-state index contributed by atoms with van der Waals surface area (Å²) in [4.78, 5) is 0. The smallest absolute Gasteiger partial charge is 0.0166 e. The molecule has 0 spiro atoms. The summed E-state index contributed by atoms with van der Waals surface area (Å²) in [6.07, 6.45) is 15.0. The largest absolute Gasteiger partial charge is 0.0687 e. The molecule has 2 fully saturated rings. The van der Waals surface area contributed by atoms with Crippen molar-refractivity contribution in [2.24, 2.45) is 0 Å². The van der Waals surface area contributed by atoms with Crippen molar-refractivity contribution in [3.05, 3.63) is 29.3 Å². The molecule has 3 rings (SSSR count). The minimum atomic E-state index is 0.0747. The van der Waals surface area contributed by atoms with E-state index in [0.29, 0.717) is 0 Å². The predicted octanol–water partition coefficient (Wildman–Crippen LogP) is 6.08. The van der Waals surface area contributed by atoms with Crippen LogP contribution in [0.2, 0.25) is 0 Å². The van der Waals surface area contributed by atoms with E-state index in [0.717, 1.165) is 11.3 Å². The Hall–Kier alpha value is -0.350. The van der Waals surface area contributed by atoms with E-state index in [2.05, 4.69) is 32.0 Å². The van der Waals surface area contributed by atoms with Crippen LogP contribution in [0.5, 0.6) is 0 Å². The van der Waals surface area contributed by atoms with Gasteiger partial charge in [0, 0.05) is 0 Å². The normalized spacial score (nSPS) is 21.9. The lowest BCUT2D eigenvalue weighted by Gasteiger charge is -2.39. The van der Waals surface area contributed by atoms with E-state index in [9.17, 15) is 0 Å². The summed E-state index contributed by atoms with van der Waals surface area (Å²) in [5.74, 6) is 0. The van der Waals surface area contributed by atoms with E-state index >= 15 is 0 Å². The Bertz CT molecular complexity index is 435. The van der Waals surface area contributed by atoms with Gasteiger partial charge >= 0.3 is 0 Å². The van der Waals surface area contributed by atoms with Crippen molar-refractivity contribution in [3.63, 3.8) is 0 Å². The van der Waals surface area contributed by atoms with Crippen LogP contribution >= 0.6 is 7.92 Å². The van der Waals surface area contributed by atoms with Gasteiger partial charge in [-0.1, -0.05) is 70.2 Å². The first-order chi connectivity index (χ1) is 10.3. The monoisotopic (exact) mass is 302 g/mol. The average molecular weight is 302 g/mol. The molecular weight excluding hydrogens is 271 g/mol. The lowest BCUT2D eigenvalue weighted by molar-refractivity contribution is 0.487. The molecule has 1 aromatic carbocycles. The first-order valence-corrected chi connectivity index (χ1v) is 10.6. The highest BCUT2D eigenvalue weighted by Gasteiger charge is 2.32. The number of hydrogen-bond donors (Lipinski definition) is 0. The summed E-state index contributed by atoms with van der Waals surface area (Å²) in [5.41, 5.74) is 5.06. The molecular formula is C20H31P. The van der Waals surface area contributed by atoms with Crippen molar-refractivity contribution >= 4 is 13.2 Å². The predicted molar refractivity (Wildman–Crippen MR) is 96.2 cm³/mol. The Morgan fingerprint density at radius 3 is 1.76 bits per heavy atom. The fourth-order valence-corrected chi connectivity index (χ4v) is 8.45. The molecule has 0 atom stereocenters. The third-order valence-electron chi connectivity index (χ3n) is 5.57. The molecule has 2 aliphatic carbocycles. The van der Waals surface area contributed by atoms with Gasteiger partial charge in [-0.2, -0.15) is 0 Å². The maximum atomic E-state index is 2.50. The topological polar surface area (TPSA) is 0 Å². The average Bonchev–Trinajstić information content (AvgIpc) is 2.52. The van der Waals surface area contributed by atoms with E-state index in [1.54, 1.807) is 10.9 Å². The lowest BCUT2D eigenvalue weighted by atomic mass is 9.99. The van der Waals surface area contributed by atoms with Gasteiger partial charge in [0.05, 0.1) is 0 Å². The van der Waals surface area contributed by atoms with Gasteiger partial charge in [-0.3, -0.25) is 0 Å². The maximum absolute atomic E-state index is 2.50. The quantitative estimate of drug-likeness (QED) is 0.594. The van der Waals surface area contributed by atoms with E-state index in [-0.39, 0.29) is 7.92 Å². The Labute approximate surface area is 132 Å². The molecule has 0 bridgehead atoms. The molecule has 0 aliphatic heterocycles. The summed E-state index contributed by atoms with van der Waals surface area (Å²) in [6.45, 7) is 4.60. The molecule has 0 nitrogen and oxygen atoms in total. The van der Waals surface area contributed by atoms with Crippen molar-refractivity contribution in [3.8, 4) is 0 Å².